The Kier molecular flexibility index (Phi) is 6.63. The zero-order valence-electron chi connectivity index (χ0n) is 15.3. The van der Waals surface area contributed by atoms with Crippen LogP contribution in [0.2, 0.25) is 0 Å². The Balaban J connectivity index is 1.63. The molecule has 1 saturated heterocycles. The van der Waals surface area contributed by atoms with Gasteiger partial charge in [-0.2, -0.15) is 0 Å². The lowest BCUT2D eigenvalue weighted by molar-refractivity contribution is -0.121. The van der Waals surface area contributed by atoms with Crippen LogP contribution >= 0.6 is 15.9 Å². The molecule has 5 nitrogen and oxygen atoms in total. The molecule has 0 radical (unpaired) electrons. The monoisotopic (exact) mass is 430 g/mol. The molecular weight excluding hydrogens is 408 g/mol. The van der Waals surface area contributed by atoms with Gasteiger partial charge in [-0.25, -0.2) is 4.79 Å². The number of hydrogen-bond donors (Lipinski definition) is 1. The SMILES string of the molecule is COC(=O)c1ccccc1NC(=O)C1CCCN(Cc2ccc(Br)cc2)C1. The maximum atomic E-state index is 12.8. The highest BCUT2D eigenvalue weighted by Gasteiger charge is 2.26. The van der Waals surface area contributed by atoms with E-state index < -0.39 is 5.97 Å². The van der Waals surface area contributed by atoms with Crippen molar-refractivity contribution in [1.82, 2.24) is 4.90 Å². The van der Waals surface area contributed by atoms with Gasteiger partial charge in [0.2, 0.25) is 5.91 Å². The molecule has 0 saturated carbocycles. The van der Waals surface area contributed by atoms with Gasteiger partial charge in [0.05, 0.1) is 24.3 Å². The summed E-state index contributed by atoms with van der Waals surface area (Å²) < 4.78 is 5.86. The van der Waals surface area contributed by atoms with Crippen LogP contribution in [-0.2, 0) is 16.1 Å². The molecule has 1 amide bonds. The number of amides is 1. The summed E-state index contributed by atoms with van der Waals surface area (Å²) in [7, 11) is 1.34. The highest BCUT2D eigenvalue weighted by atomic mass is 79.9. The first-order valence-corrected chi connectivity index (χ1v) is 9.81. The Morgan fingerprint density at radius 2 is 1.93 bits per heavy atom. The van der Waals surface area contributed by atoms with Gasteiger partial charge < -0.3 is 10.1 Å². The minimum Gasteiger partial charge on any atom is -0.465 e. The van der Waals surface area contributed by atoms with Crippen LogP contribution < -0.4 is 5.32 Å². The first-order valence-electron chi connectivity index (χ1n) is 9.02. The minimum atomic E-state index is -0.452. The molecule has 27 heavy (non-hydrogen) atoms. The van der Waals surface area contributed by atoms with Crippen LogP contribution in [0.5, 0.6) is 0 Å². The first kappa shape index (κ1) is 19.6. The molecule has 0 aliphatic carbocycles. The fraction of sp³-hybridized carbons (Fsp3) is 0.333. The van der Waals surface area contributed by atoms with Crippen molar-refractivity contribution in [3.8, 4) is 0 Å². The summed E-state index contributed by atoms with van der Waals surface area (Å²) in [6.45, 7) is 2.52. The Morgan fingerprint density at radius 1 is 1.19 bits per heavy atom. The van der Waals surface area contributed by atoms with E-state index in [1.807, 2.05) is 12.1 Å². The minimum absolute atomic E-state index is 0.0492. The molecule has 2 aromatic rings. The number of methoxy groups -OCH3 is 1. The zero-order chi connectivity index (χ0) is 19.2. The fourth-order valence-corrected chi connectivity index (χ4v) is 3.64. The normalized spacial score (nSPS) is 17.3. The summed E-state index contributed by atoms with van der Waals surface area (Å²) in [4.78, 5) is 27.0. The zero-order valence-corrected chi connectivity index (χ0v) is 16.9. The number of esters is 1. The van der Waals surface area contributed by atoms with Crippen LogP contribution in [0, 0.1) is 5.92 Å². The lowest BCUT2D eigenvalue weighted by atomic mass is 9.96. The van der Waals surface area contributed by atoms with Crippen LogP contribution in [0.15, 0.2) is 53.0 Å². The van der Waals surface area contributed by atoms with Gasteiger partial charge in [-0.15, -0.1) is 0 Å². The summed E-state index contributed by atoms with van der Waals surface area (Å²) in [6.07, 6.45) is 1.83. The van der Waals surface area contributed by atoms with Crippen molar-refractivity contribution in [3.05, 3.63) is 64.1 Å². The largest absolute Gasteiger partial charge is 0.465 e. The summed E-state index contributed by atoms with van der Waals surface area (Å²) in [6, 6.07) is 15.2. The van der Waals surface area contributed by atoms with Crippen molar-refractivity contribution >= 4 is 33.5 Å². The average molecular weight is 431 g/mol. The number of carbonyl (C=O) groups excluding carboxylic acids is 2. The summed E-state index contributed by atoms with van der Waals surface area (Å²) in [5, 5.41) is 2.91. The van der Waals surface area contributed by atoms with Crippen LogP contribution in [-0.4, -0.2) is 37.0 Å². The molecule has 0 bridgehead atoms. The van der Waals surface area contributed by atoms with Gasteiger partial charge in [0, 0.05) is 17.6 Å². The summed E-state index contributed by atoms with van der Waals surface area (Å²) >= 11 is 3.45. The molecule has 3 rings (SSSR count). The number of piperidine rings is 1. The van der Waals surface area contributed by atoms with Crippen LogP contribution in [0.1, 0.15) is 28.8 Å². The van der Waals surface area contributed by atoms with E-state index in [4.69, 9.17) is 4.74 Å². The highest BCUT2D eigenvalue weighted by molar-refractivity contribution is 9.10. The number of halogens is 1. The number of carbonyl (C=O) groups is 2. The van der Waals surface area contributed by atoms with Gasteiger partial charge in [0.25, 0.3) is 0 Å². The van der Waals surface area contributed by atoms with Crippen molar-refractivity contribution in [2.45, 2.75) is 19.4 Å². The van der Waals surface area contributed by atoms with Crippen LogP contribution in [0.4, 0.5) is 5.69 Å². The molecule has 1 unspecified atom stereocenters. The molecule has 0 aromatic heterocycles. The smallest absolute Gasteiger partial charge is 0.339 e. The lowest BCUT2D eigenvalue weighted by Gasteiger charge is -2.32. The first-order chi connectivity index (χ1) is 13.1. The molecule has 1 aliphatic heterocycles. The molecular formula is C21H23BrN2O3. The quantitative estimate of drug-likeness (QED) is 0.725. The van der Waals surface area contributed by atoms with Crippen molar-refractivity contribution in [2.24, 2.45) is 5.92 Å². The molecule has 6 heteroatoms. The van der Waals surface area contributed by atoms with Crippen molar-refractivity contribution < 1.29 is 14.3 Å². The molecule has 142 valence electrons. The maximum Gasteiger partial charge on any atom is 0.339 e. The van der Waals surface area contributed by atoms with Crippen LogP contribution in [0.25, 0.3) is 0 Å². The number of ether oxygens (including phenoxy) is 1. The fourth-order valence-electron chi connectivity index (χ4n) is 3.38. The van der Waals surface area contributed by atoms with Gasteiger partial charge in [-0.1, -0.05) is 40.2 Å². The van der Waals surface area contributed by atoms with Crippen molar-refractivity contribution in [3.63, 3.8) is 0 Å². The number of nitrogens with zero attached hydrogens (tertiary/aromatic N) is 1. The van der Waals surface area contributed by atoms with Gasteiger partial charge in [-0.3, -0.25) is 9.69 Å². The number of anilines is 1. The maximum absolute atomic E-state index is 12.8. The Morgan fingerprint density at radius 3 is 2.67 bits per heavy atom. The second-order valence-corrected chi connectivity index (χ2v) is 7.64. The Labute approximate surface area is 167 Å². The van der Waals surface area contributed by atoms with Crippen molar-refractivity contribution in [1.29, 1.82) is 0 Å². The summed E-state index contributed by atoms with van der Waals surface area (Å²) in [5.74, 6) is -0.599. The number of rotatable bonds is 5. The third-order valence-corrected chi connectivity index (χ3v) is 5.31. The molecule has 1 fully saturated rings. The second kappa shape index (κ2) is 9.15. The number of hydrogen-bond acceptors (Lipinski definition) is 4. The van der Waals surface area contributed by atoms with E-state index in [1.54, 1.807) is 24.3 Å². The molecule has 1 heterocycles. The average Bonchev–Trinajstić information content (AvgIpc) is 2.70. The molecule has 2 aromatic carbocycles. The number of benzene rings is 2. The van der Waals surface area contributed by atoms with Gasteiger partial charge in [0.15, 0.2) is 0 Å². The topological polar surface area (TPSA) is 58.6 Å². The van der Waals surface area contributed by atoms with Crippen LogP contribution in [0.3, 0.4) is 0 Å². The number of nitrogens with one attached hydrogen (secondary N) is 1. The standard InChI is InChI=1S/C21H23BrN2O3/c1-27-21(26)18-6-2-3-7-19(18)23-20(25)16-5-4-12-24(14-16)13-15-8-10-17(22)11-9-15/h2-3,6-11,16H,4-5,12-14H2,1H3,(H,23,25). The molecule has 1 N–H and O–H groups in total. The Hall–Kier alpha value is -2.18. The second-order valence-electron chi connectivity index (χ2n) is 6.73. The van der Waals surface area contributed by atoms with Gasteiger partial charge in [-0.05, 0) is 49.2 Å². The molecule has 1 atom stereocenters. The number of likely N-dealkylation sites (tertiary alicyclic amines) is 1. The third-order valence-electron chi connectivity index (χ3n) is 4.79. The summed E-state index contributed by atoms with van der Waals surface area (Å²) in [5.41, 5.74) is 2.10. The molecule has 1 aliphatic rings. The third kappa shape index (κ3) is 5.17. The molecule has 0 spiro atoms. The highest BCUT2D eigenvalue weighted by Crippen LogP contribution is 2.23. The Bertz CT molecular complexity index is 807. The van der Waals surface area contributed by atoms with Crippen molar-refractivity contribution in [2.75, 3.05) is 25.5 Å². The van der Waals surface area contributed by atoms with Gasteiger partial charge in [0.1, 0.15) is 0 Å². The van der Waals surface area contributed by atoms with E-state index in [2.05, 4.69) is 38.3 Å². The van der Waals surface area contributed by atoms with E-state index in [9.17, 15) is 9.59 Å². The number of para-hydroxylation sites is 1. The van der Waals surface area contributed by atoms with Gasteiger partial charge >= 0.3 is 5.97 Å². The predicted octanol–water partition coefficient (Wildman–Crippen LogP) is 4.09. The predicted molar refractivity (Wildman–Crippen MR) is 109 cm³/mol. The lowest BCUT2D eigenvalue weighted by Crippen LogP contribution is -2.40. The van der Waals surface area contributed by atoms with E-state index in [1.165, 1.54) is 12.7 Å². The van der Waals surface area contributed by atoms with E-state index in [0.717, 1.165) is 30.4 Å². The van der Waals surface area contributed by atoms with E-state index in [-0.39, 0.29) is 11.8 Å². The van der Waals surface area contributed by atoms with E-state index >= 15 is 0 Å². The van der Waals surface area contributed by atoms with E-state index in [0.29, 0.717) is 17.8 Å².